The molecular weight excluding hydrogens is 292 g/mol. The van der Waals surface area contributed by atoms with Gasteiger partial charge in [-0.3, -0.25) is 4.90 Å². The molecule has 2 aliphatic heterocycles. The summed E-state index contributed by atoms with van der Waals surface area (Å²) < 4.78 is 11.3. The highest BCUT2D eigenvalue weighted by atomic mass is 16.5. The monoisotopic (exact) mass is 314 g/mol. The fourth-order valence-corrected chi connectivity index (χ4v) is 3.60. The van der Waals surface area contributed by atoms with Crippen LogP contribution in [0.4, 0.5) is 5.95 Å². The molecule has 6 nitrogen and oxygen atoms in total. The van der Waals surface area contributed by atoms with E-state index in [4.69, 9.17) is 9.15 Å². The van der Waals surface area contributed by atoms with Crippen LogP contribution in [-0.4, -0.2) is 46.2 Å². The summed E-state index contributed by atoms with van der Waals surface area (Å²) in [5, 5.41) is 3.39. The Bertz CT molecular complexity index is 609. The number of rotatable bonds is 4. The topological polar surface area (TPSA) is 63.4 Å². The van der Waals surface area contributed by atoms with Crippen molar-refractivity contribution < 1.29 is 9.15 Å². The van der Waals surface area contributed by atoms with Crippen LogP contribution in [0, 0.1) is 0 Å². The minimum absolute atomic E-state index is 0.0271. The number of furan rings is 1. The molecule has 0 amide bonds. The normalized spacial score (nSPS) is 24.1. The molecule has 0 aliphatic carbocycles. The van der Waals surface area contributed by atoms with Crippen LogP contribution in [0.1, 0.15) is 24.8 Å². The lowest BCUT2D eigenvalue weighted by atomic mass is 9.87. The minimum atomic E-state index is 0.0271. The van der Waals surface area contributed by atoms with Gasteiger partial charge in [0, 0.05) is 37.6 Å². The van der Waals surface area contributed by atoms with Gasteiger partial charge in [0.1, 0.15) is 0 Å². The van der Waals surface area contributed by atoms with Crippen LogP contribution < -0.4 is 5.32 Å². The van der Waals surface area contributed by atoms with E-state index in [-0.39, 0.29) is 5.60 Å². The lowest BCUT2D eigenvalue weighted by Crippen LogP contribution is -2.44. The Morgan fingerprint density at radius 3 is 2.83 bits per heavy atom. The van der Waals surface area contributed by atoms with E-state index in [0.29, 0.717) is 12.0 Å². The molecule has 0 unspecified atom stereocenters. The van der Waals surface area contributed by atoms with Crippen molar-refractivity contribution >= 4 is 5.95 Å². The van der Waals surface area contributed by atoms with Crippen LogP contribution in [0.15, 0.2) is 41.5 Å². The maximum atomic E-state index is 6.19. The van der Waals surface area contributed by atoms with Crippen LogP contribution in [-0.2, 0) is 11.3 Å². The average molecular weight is 314 g/mol. The molecule has 0 radical (unpaired) electrons. The number of anilines is 1. The van der Waals surface area contributed by atoms with E-state index in [1.54, 1.807) is 18.7 Å². The average Bonchev–Trinajstić information content (AvgIpc) is 3.22. The summed E-state index contributed by atoms with van der Waals surface area (Å²) in [6.45, 7) is 3.84. The van der Waals surface area contributed by atoms with Crippen LogP contribution in [0.25, 0.3) is 0 Å². The Morgan fingerprint density at radius 2 is 2.09 bits per heavy atom. The van der Waals surface area contributed by atoms with E-state index in [9.17, 15) is 0 Å². The van der Waals surface area contributed by atoms with Gasteiger partial charge in [-0.15, -0.1) is 0 Å². The molecule has 4 heterocycles. The van der Waals surface area contributed by atoms with Crippen molar-refractivity contribution in [1.29, 1.82) is 0 Å². The van der Waals surface area contributed by atoms with Crippen molar-refractivity contribution in [1.82, 2.24) is 14.9 Å². The molecule has 2 aliphatic rings. The SMILES string of the molecule is c1cnc(N[C@@H]2COC3(CCN(Cc4ccoc4)CC3)C2)nc1. The molecular formula is C17H22N4O2. The summed E-state index contributed by atoms with van der Waals surface area (Å²) in [4.78, 5) is 10.9. The van der Waals surface area contributed by atoms with E-state index in [1.807, 2.05) is 18.4 Å². The first kappa shape index (κ1) is 14.7. The fraction of sp³-hybridized carbons (Fsp3) is 0.529. The third-order valence-corrected chi connectivity index (χ3v) is 4.86. The van der Waals surface area contributed by atoms with Crippen molar-refractivity contribution in [2.24, 2.45) is 0 Å². The van der Waals surface area contributed by atoms with Crippen LogP contribution >= 0.6 is 0 Å². The quantitative estimate of drug-likeness (QED) is 0.934. The highest BCUT2D eigenvalue weighted by molar-refractivity contribution is 5.25. The van der Waals surface area contributed by atoms with Crippen molar-refractivity contribution in [3.8, 4) is 0 Å². The van der Waals surface area contributed by atoms with Gasteiger partial charge in [-0.25, -0.2) is 9.97 Å². The van der Waals surface area contributed by atoms with Crippen molar-refractivity contribution in [2.75, 3.05) is 25.0 Å². The fourth-order valence-electron chi connectivity index (χ4n) is 3.60. The summed E-state index contributed by atoms with van der Waals surface area (Å²) in [6, 6.07) is 4.17. The predicted octanol–water partition coefficient (Wildman–Crippen LogP) is 2.31. The Hall–Kier alpha value is -1.92. The Labute approximate surface area is 135 Å². The van der Waals surface area contributed by atoms with Gasteiger partial charge >= 0.3 is 0 Å². The van der Waals surface area contributed by atoms with E-state index in [2.05, 4.69) is 20.2 Å². The number of aromatic nitrogens is 2. The maximum Gasteiger partial charge on any atom is 0.222 e. The molecule has 4 rings (SSSR count). The van der Waals surface area contributed by atoms with Gasteiger partial charge in [-0.2, -0.15) is 0 Å². The summed E-state index contributed by atoms with van der Waals surface area (Å²) in [5.74, 6) is 0.690. The molecule has 6 heteroatoms. The van der Waals surface area contributed by atoms with E-state index in [1.165, 1.54) is 5.56 Å². The predicted molar refractivity (Wildman–Crippen MR) is 86.0 cm³/mol. The molecule has 23 heavy (non-hydrogen) atoms. The van der Waals surface area contributed by atoms with Crippen LogP contribution in [0.2, 0.25) is 0 Å². The second kappa shape index (κ2) is 6.29. The molecule has 1 atom stereocenters. The van der Waals surface area contributed by atoms with Crippen molar-refractivity contribution in [3.63, 3.8) is 0 Å². The van der Waals surface area contributed by atoms with E-state index < -0.39 is 0 Å². The highest BCUT2D eigenvalue weighted by Crippen LogP contribution is 2.37. The van der Waals surface area contributed by atoms with Crippen molar-refractivity contribution in [3.05, 3.63) is 42.6 Å². The highest BCUT2D eigenvalue weighted by Gasteiger charge is 2.42. The van der Waals surface area contributed by atoms with Crippen LogP contribution in [0.3, 0.4) is 0 Å². The zero-order chi connectivity index (χ0) is 15.5. The van der Waals surface area contributed by atoms with Gasteiger partial charge in [0.25, 0.3) is 0 Å². The molecule has 0 bridgehead atoms. The first-order chi connectivity index (χ1) is 11.3. The number of piperidine rings is 1. The molecule has 122 valence electrons. The molecule has 1 spiro atoms. The van der Waals surface area contributed by atoms with Gasteiger partial charge in [0.2, 0.25) is 5.95 Å². The number of likely N-dealkylation sites (tertiary alicyclic amines) is 1. The summed E-state index contributed by atoms with van der Waals surface area (Å²) in [6.07, 6.45) is 10.3. The Morgan fingerprint density at radius 1 is 1.26 bits per heavy atom. The molecule has 2 fully saturated rings. The first-order valence-electron chi connectivity index (χ1n) is 8.22. The zero-order valence-corrected chi connectivity index (χ0v) is 13.1. The molecule has 0 aromatic carbocycles. The minimum Gasteiger partial charge on any atom is -0.472 e. The molecule has 0 saturated carbocycles. The first-order valence-corrected chi connectivity index (χ1v) is 8.22. The lowest BCUT2D eigenvalue weighted by molar-refractivity contribution is -0.0448. The lowest BCUT2D eigenvalue weighted by Gasteiger charge is -2.38. The van der Waals surface area contributed by atoms with Gasteiger partial charge in [0.15, 0.2) is 0 Å². The van der Waals surface area contributed by atoms with Gasteiger partial charge < -0.3 is 14.5 Å². The third kappa shape index (κ3) is 3.38. The smallest absolute Gasteiger partial charge is 0.222 e. The van der Waals surface area contributed by atoms with Crippen LogP contribution in [0.5, 0.6) is 0 Å². The zero-order valence-electron chi connectivity index (χ0n) is 13.1. The third-order valence-electron chi connectivity index (χ3n) is 4.86. The number of nitrogens with zero attached hydrogens (tertiary/aromatic N) is 3. The van der Waals surface area contributed by atoms with E-state index in [0.717, 1.165) is 45.5 Å². The van der Waals surface area contributed by atoms with Gasteiger partial charge in [0.05, 0.1) is 30.8 Å². The molecule has 2 aromatic heterocycles. The molecule has 1 N–H and O–H groups in total. The Balaban J connectivity index is 1.29. The number of hydrogen-bond donors (Lipinski definition) is 1. The number of ether oxygens (including phenoxy) is 1. The second-order valence-corrected chi connectivity index (χ2v) is 6.52. The summed E-state index contributed by atoms with van der Waals surface area (Å²) in [7, 11) is 0. The number of nitrogens with one attached hydrogen (secondary N) is 1. The summed E-state index contributed by atoms with van der Waals surface area (Å²) >= 11 is 0. The maximum absolute atomic E-state index is 6.19. The largest absolute Gasteiger partial charge is 0.472 e. The van der Waals surface area contributed by atoms with Gasteiger partial charge in [-0.05, 0) is 31.4 Å². The van der Waals surface area contributed by atoms with Gasteiger partial charge in [-0.1, -0.05) is 0 Å². The molecule has 2 saturated heterocycles. The number of hydrogen-bond acceptors (Lipinski definition) is 6. The van der Waals surface area contributed by atoms with Crippen molar-refractivity contribution in [2.45, 2.75) is 37.5 Å². The Kier molecular flexibility index (Phi) is 4.01. The van der Waals surface area contributed by atoms with E-state index >= 15 is 0 Å². The standard InChI is InChI=1S/C17H22N4O2/c1-5-18-16(19-6-1)20-15-10-17(23-13-15)3-7-21(8-4-17)11-14-2-9-22-12-14/h1-2,5-6,9,12,15H,3-4,7-8,10-11,13H2,(H,18,19,20)/t15-/m0/s1. The summed E-state index contributed by atoms with van der Waals surface area (Å²) in [5.41, 5.74) is 1.27. The molecule has 2 aromatic rings. The second-order valence-electron chi connectivity index (χ2n) is 6.52.